The van der Waals surface area contributed by atoms with Crippen molar-refractivity contribution in [3.63, 3.8) is 0 Å². The van der Waals surface area contributed by atoms with E-state index in [0.717, 1.165) is 0 Å². The first kappa shape index (κ1) is 16.5. The molecule has 0 radical (unpaired) electrons. The summed E-state index contributed by atoms with van der Waals surface area (Å²) in [5, 5.41) is -0.211. The van der Waals surface area contributed by atoms with Crippen LogP contribution in [0.4, 0.5) is 0 Å². The summed E-state index contributed by atoms with van der Waals surface area (Å²) >= 11 is 0. The van der Waals surface area contributed by atoms with E-state index < -0.39 is 19.8 Å². The lowest BCUT2D eigenvalue weighted by atomic mass is 10.3. The number of imidazole rings is 1. The zero-order valence-electron chi connectivity index (χ0n) is 12.5. The summed E-state index contributed by atoms with van der Waals surface area (Å²) in [6, 6.07) is 6.27. The predicted molar refractivity (Wildman–Crippen MR) is 82.8 cm³/mol. The van der Waals surface area contributed by atoms with E-state index in [2.05, 4.69) is 8.75 Å². The van der Waals surface area contributed by atoms with Gasteiger partial charge in [0.1, 0.15) is 5.75 Å². The zero-order valence-corrected chi connectivity index (χ0v) is 14.1. The Morgan fingerprint density at radius 1 is 1.23 bits per heavy atom. The van der Waals surface area contributed by atoms with E-state index in [1.54, 1.807) is 16.7 Å². The SMILES string of the molecule is CCn1cnc(S(=O)(=O)N=S(C)(=O)c2ccc(OC)cc2)c1. The molecule has 1 unspecified atom stereocenters. The normalized spacial score (nSPS) is 14.3. The summed E-state index contributed by atoms with van der Waals surface area (Å²) in [6.07, 6.45) is 4.04. The lowest BCUT2D eigenvalue weighted by molar-refractivity contribution is 0.414. The Balaban J connectivity index is 2.46. The van der Waals surface area contributed by atoms with Crippen LogP contribution in [0.25, 0.3) is 0 Å². The van der Waals surface area contributed by atoms with Crippen LogP contribution in [0.15, 0.2) is 50.5 Å². The van der Waals surface area contributed by atoms with Gasteiger partial charge in [0.15, 0.2) is 5.03 Å². The molecule has 7 nitrogen and oxygen atoms in total. The monoisotopic (exact) mass is 343 g/mol. The van der Waals surface area contributed by atoms with Crippen molar-refractivity contribution in [2.75, 3.05) is 13.4 Å². The van der Waals surface area contributed by atoms with E-state index in [0.29, 0.717) is 17.2 Å². The van der Waals surface area contributed by atoms with E-state index in [1.165, 1.54) is 38.0 Å². The van der Waals surface area contributed by atoms with Gasteiger partial charge in [0, 0.05) is 23.9 Å². The maximum absolute atomic E-state index is 12.6. The fourth-order valence-electron chi connectivity index (χ4n) is 1.74. The van der Waals surface area contributed by atoms with Crippen molar-refractivity contribution in [2.45, 2.75) is 23.4 Å². The van der Waals surface area contributed by atoms with Gasteiger partial charge < -0.3 is 9.30 Å². The van der Waals surface area contributed by atoms with E-state index in [1.807, 2.05) is 6.92 Å². The van der Waals surface area contributed by atoms with Crippen LogP contribution in [0, 0.1) is 0 Å². The van der Waals surface area contributed by atoms with Crippen LogP contribution in [0.1, 0.15) is 6.92 Å². The molecule has 2 aromatic rings. The molecule has 120 valence electrons. The second-order valence-corrected chi connectivity index (χ2v) is 8.61. The summed E-state index contributed by atoms with van der Waals surface area (Å²) in [5.41, 5.74) is 0. The average molecular weight is 343 g/mol. The van der Waals surface area contributed by atoms with Gasteiger partial charge in [-0.05, 0) is 31.2 Å². The fraction of sp³-hybridized carbons (Fsp3) is 0.308. The number of hydrogen-bond donors (Lipinski definition) is 0. The number of aryl methyl sites for hydroxylation is 1. The minimum absolute atomic E-state index is 0.211. The summed E-state index contributed by atoms with van der Waals surface area (Å²) in [7, 11) is -5.68. The van der Waals surface area contributed by atoms with Crippen molar-refractivity contribution in [1.82, 2.24) is 9.55 Å². The van der Waals surface area contributed by atoms with Crippen LogP contribution in [0.3, 0.4) is 0 Å². The van der Waals surface area contributed by atoms with Gasteiger partial charge in [-0.15, -0.1) is 3.77 Å². The Labute approximate surface area is 130 Å². The highest BCUT2D eigenvalue weighted by Crippen LogP contribution is 2.20. The Morgan fingerprint density at radius 2 is 1.86 bits per heavy atom. The Morgan fingerprint density at radius 3 is 2.36 bits per heavy atom. The number of sulfonamides is 1. The maximum atomic E-state index is 12.6. The van der Waals surface area contributed by atoms with Crippen LogP contribution in [0.2, 0.25) is 0 Å². The minimum atomic E-state index is -4.08. The lowest BCUT2D eigenvalue weighted by Gasteiger charge is -2.05. The fourth-order valence-corrected chi connectivity index (χ4v) is 4.98. The summed E-state index contributed by atoms with van der Waals surface area (Å²) in [6.45, 7) is 2.44. The van der Waals surface area contributed by atoms with Crippen molar-refractivity contribution < 1.29 is 17.4 Å². The smallest absolute Gasteiger partial charge is 0.309 e. The topological polar surface area (TPSA) is 90.6 Å². The molecule has 0 N–H and O–H groups in total. The largest absolute Gasteiger partial charge is 0.497 e. The third-order valence-electron chi connectivity index (χ3n) is 2.98. The number of ether oxygens (including phenoxy) is 1. The van der Waals surface area contributed by atoms with Crippen molar-refractivity contribution >= 4 is 19.8 Å². The number of methoxy groups -OCH3 is 1. The van der Waals surface area contributed by atoms with Crippen LogP contribution in [-0.4, -0.2) is 35.5 Å². The standard InChI is InChI=1S/C13H17N3O4S2/c1-4-16-9-13(14-10-16)22(18,19)15-21(3,17)12-7-5-11(20-2)6-8-12/h5-10H,4H2,1-3H3. The van der Waals surface area contributed by atoms with Crippen molar-refractivity contribution in [2.24, 2.45) is 3.77 Å². The molecule has 0 saturated carbocycles. The predicted octanol–water partition coefficient (Wildman–Crippen LogP) is 1.76. The molecule has 1 atom stereocenters. The second kappa shape index (κ2) is 6.09. The third-order valence-corrected chi connectivity index (χ3v) is 6.79. The van der Waals surface area contributed by atoms with Gasteiger partial charge in [-0.1, -0.05) is 0 Å². The van der Waals surface area contributed by atoms with Crippen LogP contribution in [-0.2, 0) is 26.3 Å². The van der Waals surface area contributed by atoms with Gasteiger partial charge in [-0.2, -0.15) is 8.42 Å². The first-order chi connectivity index (χ1) is 10.3. The number of benzene rings is 1. The molecule has 0 bridgehead atoms. The Kier molecular flexibility index (Phi) is 4.57. The molecule has 2 rings (SSSR count). The van der Waals surface area contributed by atoms with Gasteiger partial charge in [0.25, 0.3) is 0 Å². The van der Waals surface area contributed by atoms with Crippen LogP contribution < -0.4 is 4.74 Å². The molecule has 1 heterocycles. The Hall–Kier alpha value is -1.87. The molecular formula is C13H17N3O4S2. The zero-order chi connectivity index (χ0) is 16.4. The third kappa shape index (κ3) is 3.47. The maximum Gasteiger partial charge on any atom is 0.309 e. The molecular weight excluding hydrogens is 326 g/mol. The number of hydrogen-bond acceptors (Lipinski definition) is 5. The van der Waals surface area contributed by atoms with Gasteiger partial charge >= 0.3 is 10.0 Å². The molecule has 0 aliphatic heterocycles. The van der Waals surface area contributed by atoms with Gasteiger partial charge in [0.05, 0.1) is 23.2 Å². The van der Waals surface area contributed by atoms with E-state index in [4.69, 9.17) is 4.74 Å². The first-order valence-corrected chi connectivity index (χ1v) is 9.79. The quantitative estimate of drug-likeness (QED) is 0.825. The van der Waals surface area contributed by atoms with E-state index >= 15 is 0 Å². The van der Waals surface area contributed by atoms with Crippen molar-refractivity contribution in [3.8, 4) is 5.75 Å². The highest BCUT2D eigenvalue weighted by atomic mass is 32.3. The lowest BCUT2D eigenvalue weighted by Crippen LogP contribution is -2.05. The number of rotatable bonds is 5. The molecule has 0 aliphatic carbocycles. The highest BCUT2D eigenvalue weighted by molar-refractivity contribution is 8.02. The molecule has 1 aromatic carbocycles. The van der Waals surface area contributed by atoms with Crippen molar-refractivity contribution in [1.29, 1.82) is 0 Å². The molecule has 0 saturated heterocycles. The van der Waals surface area contributed by atoms with Gasteiger partial charge in [0.2, 0.25) is 0 Å². The number of nitrogens with zero attached hydrogens (tertiary/aromatic N) is 3. The Bertz CT molecular complexity index is 876. The van der Waals surface area contributed by atoms with Crippen LogP contribution >= 0.6 is 0 Å². The first-order valence-electron chi connectivity index (χ1n) is 6.43. The molecule has 0 fully saturated rings. The summed E-state index contributed by atoms with van der Waals surface area (Å²) in [5.74, 6) is 0.587. The molecule has 9 heteroatoms. The molecule has 22 heavy (non-hydrogen) atoms. The molecule has 1 aromatic heterocycles. The summed E-state index contributed by atoms with van der Waals surface area (Å²) < 4.78 is 47.3. The molecule has 0 aliphatic rings. The van der Waals surface area contributed by atoms with Crippen LogP contribution in [0.5, 0.6) is 5.75 Å². The number of aromatic nitrogens is 2. The highest BCUT2D eigenvalue weighted by Gasteiger charge is 2.20. The summed E-state index contributed by atoms with van der Waals surface area (Å²) in [4.78, 5) is 4.11. The van der Waals surface area contributed by atoms with E-state index in [9.17, 15) is 12.6 Å². The second-order valence-electron chi connectivity index (χ2n) is 4.57. The van der Waals surface area contributed by atoms with Crippen molar-refractivity contribution in [3.05, 3.63) is 36.8 Å². The van der Waals surface area contributed by atoms with Gasteiger partial charge in [-0.3, -0.25) is 0 Å². The minimum Gasteiger partial charge on any atom is -0.497 e. The van der Waals surface area contributed by atoms with E-state index in [-0.39, 0.29) is 5.03 Å². The van der Waals surface area contributed by atoms with Gasteiger partial charge in [-0.25, -0.2) is 9.19 Å². The molecule has 0 amide bonds. The average Bonchev–Trinajstić information content (AvgIpc) is 2.96. The molecule has 0 spiro atoms.